The number of hydrogen-bond acceptors (Lipinski definition) is 4. The van der Waals surface area contributed by atoms with Gasteiger partial charge in [-0.05, 0) is 18.1 Å². The molecule has 5 nitrogen and oxygen atoms in total. The Morgan fingerprint density at radius 2 is 2.18 bits per heavy atom. The van der Waals surface area contributed by atoms with Crippen molar-refractivity contribution >= 4 is 12.4 Å². The molecule has 0 unspecified atom stereocenters. The zero-order valence-electron chi connectivity index (χ0n) is 6.19. The second-order valence-electron chi connectivity index (χ2n) is 2.76. The average molecular weight is 176 g/mol. The molecule has 0 aromatic carbocycles. The molecule has 62 valence electrons. The molecule has 1 fully saturated rings. The molecule has 1 heterocycles. The van der Waals surface area contributed by atoms with Crippen molar-refractivity contribution in [2.24, 2.45) is 12.8 Å². The molecule has 1 saturated carbocycles. The maximum atomic E-state index is 5.80. The largest absolute Gasteiger partial charge is 0.319 e. The first-order chi connectivity index (χ1) is 4.71. The fourth-order valence-electron chi connectivity index (χ4n) is 0.842. The predicted octanol–water partition coefficient (Wildman–Crippen LogP) is -0.420. The van der Waals surface area contributed by atoms with Gasteiger partial charge in [0.1, 0.15) is 0 Å². The van der Waals surface area contributed by atoms with E-state index in [1.54, 1.807) is 7.05 Å². The van der Waals surface area contributed by atoms with Crippen LogP contribution >= 0.6 is 12.4 Å². The van der Waals surface area contributed by atoms with E-state index in [4.69, 9.17) is 5.73 Å². The number of nitrogens with two attached hydrogens (primary N) is 1. The van der Waals surface area contributed by atoms with E-state index in [0.29, 0.717) is 5.82 Å². The average Bonchev–Trinajstić information content (AvgIpc) is 2.45. The van der Waals surface area contributed by atoms with Crippen molar-refractivity contribution in [2.75, 3.05) is 0 Å². The van der Waals surface area contributed by atoms with Crippen LogP contribution in [0.5, 0.6) is 0 Å². The van der Waals surface area contributed by atoms with Gasteiger partial charge in [-0.1, -0.05) is 0 Å². The van der Waals surface area contributed by atoms with Gasteiger partial charge in [-0.25, -0.2) is 0 Å². The minimum atomic E-state index is -0.242. The summed E-state index contributed by atoms with van der Waals surface area (Å²) in [5.41, 5.74) is 5.56. The van der Waals surface area contributed by atoms with Crippen LogP contribution < -0.4 is 5.73 Å². The molecule has 1 aromatic rings. The van der Waals surface area contributed by atoms with Crippen molar-refractivity contribution in [1.82, 2.24) is 20.2 Å². The lowest BCUT2D eigenvalue weighted by Crippen LogP contribution is -2.20. The molecule has 11 heavy (non-hydrogen) atoms. The number of tetrazole rings is 1. The van der Waals surface area contributed by atoms with Gasteiger partial charge in [0.25, 0.3) is 0 Å². The van der Waals surface area contributed by atoms with Crippen LogP contribution in [0.3, 0.4) is 0 Å². The zero-order valence-corrected chi connectivity index (χ0v) is 7.01. The number of aryl methyl sites for hydroxylation is 1. The summed E-state index contributed by atoms with van der Waals surface area (Å²) >= 11 is 0. The lowest BCUT2D eigenvalue weighted by Gasteiger charge is -1.97. The quantitative estimate of drug-likeness (QED) is 0.630. The highest BCUT2D eigenvalue weighted by atomic mass is 35.5. The Hall–Kier alpha value is -0.680. The normalized spacial score (nSPS) is 19.1. The predicted molar refractivity (Wildman–Crippen MR) is 41.1 cm³/mol. The molecule has 0 spiro atoms. The third-order valence-corrected chi connectivity index (χ3v) is 1.74. The van der Waals surface area contributed by atoms with E-state index in [2.05, 4.69) is 15.4 Å². The smallest absolute Gasteiger partial charge is 0.194 e. The van der Waals surface area contributed by atoms with Crippen molar-refractivity contribution in [2.45, 2.75) is 18.4 Å². The monoisotopic (exact) mass is 175 g/mol. The molecule has 0 saturated heterocycles. The van der Waals surface area contributed by atoms with Crippen LogP contribution in [0.2, 0.25) is 0 Å². The molecule has 6 heteroatoms. The van der Waals surface area contributed by atoms with Gasteiger partial charge in [0.05, 0.1) is 12.6 Å². The number of nitrogens with zero attached hydrogens (tertiary/aromatic N) is 4. The van der Waals surface area contributed by atoms with E-state index in [1.807, 2.05) is 0 Å². The van der Waals surface area contributed by atoms with Crippen molar-refractivity contribution in [3.8, 4) is 0 Å². The highest BCUT2D eigenvalue weighted by Crippen LogP contribution is 2.40. The van der Waals surface area contributed by atoms with Crippen LogP contribution in [0.15, 0.2) is 0 Å². The first-order valence-corrected chi connectivity index (χ1v) is 3.24. The summed E-state index contributed by atoms with van der Waals surface area (Å²) in [5, 5.41) is 11.5. The summed E-state index contributed by atoms with van der Waals surface area (Å²) in [6, 6.07) is 0. The van der Waals surface area contributed by atoms with E-state index in [-0.39, 0.29) is 17.9 Å². The molecule has 2 N–H and O–H groups in total. The Morgan fingerprint density at radius 3 is 2.55 bits per heavy atom. The summed E-state index contributed by atoms with van der Waals surface area (Å²) in [6.07, 6.45) is 1.97. The molecule has 1 aliphatic carbocycles. The summed E-state index contributed by atoms with van der Waals surface area (Å²) in [4.78, 5) is 1.43. The molecule has 0 atom stereocenters. The van der Waals surface area contributed by atoms with Gasteiger partial charge in [-0.15, -0.1) is 22.6 Å². The van der Waals surface area contributed by atoms with Crippen molar-refractivity contribution < 1.29 is 0 Å². The summed E-state index contributed by atoms with van der Waals surface area (Å²) < 4.78 is 0. The maximum Gasteiger partial charge on any atom is 0.194 e. The van der Waals surface area contributed by atoms with Crippen LogP contribution in [0.1, 0.15) is 18.7 Å². The van der Waals surface area contributed by atoms with E-state index in [1.165, 1.54) is 4.80 Å². The highest BCUT2D eigenvalue weighted by molar-refractivity contribution is 5.85. The second kappa shape index (κ2) is 2.42. The third-order valence-electron chi connectivity index (χ3n) is 1.74. The Morgan fingerprint density at radius 1 is 1.55 bits per heavy atom. The Balaban J connectivity index is 0.000000605. The molecule has 0 amide bonds. The van der Waals surface area contributed by atoms with Gasteiger partial charge in [0.15, 0.2) is 5.82 Å². The van der Waals surface area contributed by atoms with Gasteiger partial charge in [0, 0.05) is 0 Å². The minimum absolute atomic E-state index is 0. The standard InChI is InChI=1S/C5H9N5.ClH/c1-10-8-4(7-9-10)5(6)2-3-5;/h2-3,6H2,1H3;1H. The Bertz CT molecular complexity index is 253. The topological polar surface area (TPSA) is 69.6 Å². The lowest BCUT2D eigenvalue weighted by atomic mass is 10.3. The Kier molecular flexibility index (Phi) is 1.85. The number of hydrogen-bond donors (Lipinski definition) is 1. The number of halogens is 1. The molecule has 0 aliphatic heterocycles. The molecular weight excluding hydrogens is 166 g/mol. The van der Waals surface area contributed by atoms with Crippen LogP contribution in [-0.2, 0) is 12.6 Å². The van der Waals surface area contributed by atoms with Crippen LogP contribution in [0, 0.1) is 0 Å². The second-order valence-corrected chi connectivity index (χ2v) is 2.76. The first-order valence-electron chi connectivity index (χ1n) is 3.24. The van der Waals surface area contributed by atoms with Gasteiger partial charge < -0.3 is 5.73 Å². The van der Waals surface area contributed by atoms with Crippen LogP contribution in [0.25, 0.3) is 0 Å². The summed E-state index contributed by atoms with van der Waals surface area (Å²) in [6.45, 7) is 0. The van der Waals surface area contributed by atoms with Crippen LogP contribution in [-0.4, -0.2) is 20.2 Å². The molecule has 2 rings (SSSR count). The van der Waals surface area contributed by atoms with E-state index >= 15 is 0 Å². The van der Waals surface area contributed by atoms with Gasteiger partial charge in [-0.2, -0.15) is 4.80 Å². The minimum Gasteiger partial charge on any atom is -0.319 e. The molecule has 0 radical (unpaired) electrons. The van der Waals surface area contributed by atoms with Crippen molar-refractivity contribution in [3.05, 3.63) is 5.82 Å². The van der Waals surface area contributed by atoms with Crippen molar-refractivity contribution in [3.63, 3.8) is 0 Å². The zero-order chi connectivity index (χ0) is 7.19. The molecule has 1 aromatic heterocycles. The molecule has 1 aliphatic rings. The third kappa shape index (κ3) is 1.34. The fraction of sp³-hybridized carbons (Fsp3) is 0.800. The summed E-state index contributed by atoms with van der Waals surface area (Å²) in [7, 11) is 1.74. The van der Waals surface area contributed by atoms with E-state index < -0.39 is 0 Å². The van der Waals surface area contributed by atoms with Gasteiger partial charge in [0.2, 0.25) is 0 Å². The van der Waals surface area contributed by atoms with Crippen molar-refractivity contribution in [1.29, 1.82) is 0 Å². The SMILES string of the molecule is Cl.Cn1nnc(C2(N)CC2)n1. The van der Waals surface area contributed by atoms with E-state index in [0.717, 1.165) is 12.8 Å². The summed E-state index contributed by atoms with van der Waals surface area (Å²) in [5.74, 6) is 0.676. The first kappa shape index (κ1) is 8.42. The highest BCUT2D eigenvalue weighted by Gasteiger charge is 2.44. The van der Waals surface area contributed by atoms with Gasteiger partial charge in [-0.3, -0.25) is 0 Å². The maximum absolute atomic E-state index is 5.80. The molecule has 0 bridgehead atoms. The number of aromatic nitrogens is 4. The Labute approximate surface area is 70.4 Å². The van der Waals surface area contributed by atoms with E-state index in [9.17, 15) is 0 Å². The number of rotatable bonds is 1. The lowest BCUT2D eigenvalue weighted by molar-refractivity contribution is 0.615. The van der Waals surface area contributed by atoms with Crippen LogP contribution in [0.4, 0.5) is 0 Å². The fourth-order valence-corrected chi connectivity index (χ4v) is 0.842. The molecular formula is C5H10ClN5. The van der Waals surface area contributed by atoms with Gasteiger partial charge >= 0.3 is 0 Å².